The van der Waals surface area contributed by atoms with E-state index in [-0.39, 0.29) is 16.6 Å². The molecule has 0 radical (unpaired) electrons. The zero-order valence-corrected chi connectivity index (χ0v) is 17.2. The Morgan fingerprint density at radius 3 is 2.60 bits per heavy atom. The number of hydrazone groups is 1. The molecule has 1 unspecified atom stereocenters. The van der Waals surface area contributed by atoms with E-state index in [0.717, 1.165) is 4.90 Å². The summed E-state index contributed by atoms with van der Waals surface area (Å²) in [4.78, 5) is 41.6. The van der Waals surface area contributed by atoms with Crippen LogP contribution in [0.1, 0.15) is 12.5 Å². The third kappa shape index (κ3) is 3.92. The number of nitrogens with zero attached hydrogens (tertiary/aromatic N) is 6. The number of allylic oxidation sites excluding steroid dienone is 1. The van der Waals surface area contributed by atoms with Crippen molar-refractivity contribution in [2.75, 3.05) is 20.6 Å². The molecular formula is C18H19ClN7O4+. The summed E-state index contributed by atoms with van der Waals surface area (Å²) in [6, 6.07) is 4.73. The largest absolute Gasteiger partial charge is 0.413 e. The highest BCUT2D eigenvalue weighted by Gasteiger charge is 2.51. The van der Waals surface area contributed by atoms with E-state index in [4.69, 9.17) is 11.6 Å². The average molecular weight is 433 g/mol. The number of non-ortho nitro benzene ring substituents is 1. The predicted molar refractivity (Wildman–Crippen MR) is 112 cm³/mol. The van der Waals surface area contributed by atoms with Crippen LogP contribution in [-0.2, 0) is 4.79 Å². The highest BCUT2D eigenvalue weighted by molar-refractivity contribution is 6.41. The molecule has 0 aliphatic carbocycles. The van der Waals surface area contributed by atoms with Crippen molar-refractivity contribution in [1.82, 2.24) is 15.2 Å². The summed E-state index contributed by atoms with van der Waals surface area (Å²) >= 11 is 6.15. The second-order valence-electron chi connectivity index (χ2n) is 6.47. The molecule has 0 spiro atoms. The van der Waals surface area contributed by atoms with Crippen LogP contribution in [0.25, 0.3) is 6.08 Å². The topological polar surface area (TPSA) is 124 Å². The molecular weight excluding hydrogens is 414 g/mol. The zero-order valence-electron chi connectivity index (χ0n) is 16.4. The van der Waals surface area contributed by atoms with Crippen molar-refractivity contribution in [2.24, 2.45) is 10.1 Å². The fourth-order valence-corrected chi connectivity index (χ4v) is 3.24. The molecule has 1 saturated heterocycles. The maximum atomic E-state index is 12.5. The van der Waals surface area contributed by atoms with E-state index in [0.29, 0.717) is 23.9 Å². The maximum Gasteiger partial charge on any atom is 0.413 e. The first-order chi connectivity index (χ1) is 14.2. The lowest BCUT2D eigenvalue weighted by Crippen LogP contribution is -2.61. The average Bonchev–Trinajstić information content (AvgIpc) is 3.09. The summed E-state index contributed by atoms with van der Waals surface area (Å²) in [6.45, 7) is 2.32. The number of fused-ring (bicyclic) bond motifs is 1. The molecule has 156 valence electrons. The van der Waals surface area contributed by atoms with Crippen LogP contribution in [-0.4, -0.2) is 75.9 Å². The van der Waals surface area contributed by atoms with Gasteiger partial charge in [0.2, 0.25) is 11.9 Å². The number of halogens is 1. The Kier molecular flexibility index (Phi) is 5.92. The van der Waals surface area contributed by atoms with E-state index in [1.165, 1.54) is 30.3 Å². The lowest BCUT2D eigenvalue weighted by atomic mass is 10.1. The highest BCUT2D eigenvalue weighted by Crippen LogP contribution is 2.18. The summed E-state index contributed by atoms with van der Waals surface area (Å²) in [5, 5.41) is 15.0. The molecule has 0 aromatic heterocycles. The molecule has 1 atom stereocenters. The van der Waals surface area contributed by atoms with Gasteiger partial charge in [0.1, 0.15) is 0 Å². The van der Waals surface area contributed by atoms with Crippen LogP contribution in [0.2, 0.25) is 0 Å². The Hall–Kier alpha value is -3.60. The number of likely N-dealkylation sites (N-methyl/N-ethyl adjacent to an activating group) is 3. The minimum absolute atomic E-state index is 0.0138. The summed E-state index contributed by atoms with van der Waals surface area (Å²) in [7, 11) is 2.99. The third-order valence-electron chi connectivity index (χ3n) is 4.63. The summed E-state index contributed by atoms with van der Waals surface area (Å²) < 4.78 is 1.70. The second kappa shape index (κ2) is 8.41. The lowest BCUT2D eigenvalue weighted by molar-refractivity contribution is -0.533. The Bertz CT molecular complexity index is 1030. The number of carbonyl (C=O) groups excluding carboxylic acids is 2. The SMILES string of the molecule is CC[N+]1=C(N/N=C/C(Cl)=C/c2ccc([N+](=O)[O-])cc2)N=C2C1C(=O)N(C)C(=O)N2C. The molecule has 1 aromatic rings. The standard InChI is InChI=1S/C18H18ClN7O4/c1-4-25-14-15(23(2)18(28)24(3)16(14)27)21-17(25)22-20-10-12(19)9-11-5-7-13(8-6-11)26(29)30/h5-10,14H,4H2,1-3H3/p+1/b12-9-,20-10+. The molecule has 2 aliphatic rings. The van der Waals surface area contributed by atoms with Gasteiger partial charge in [-0.2, -0.15) is 5.43 Å². The number of hydrogen-bond donors (Lipinski definition) is 1. The van der Waals surface area contributed by atoms with Crippen LogP contribution in [0, 0.1) is 10.1 Å². The zero-order chi connectivity index (χ0) is 22.0. The summed E-state index contributed by atoms with van der Waals surface area (Å²) in [6.07, 6.45) is 2.93. The first kappa shape index (κ1) is 21.1. The second-order valence-corrected chi connectivity index (χ2v) is 6.91. The number of imide groups is 1. The van der Waals surface area contributed by atoms with Crippen LogP contribution < -0.4 is 5.43 Å². The number of carbonyl (C=O) groups is 2. The number of nitro benzene ring substituents is 1. The number of aliphatic imine (C=N–C) groups is 1. The Labute approximate surface area is 176 Å². The van der Waals surface area contributed by atoms with Gasteiger partial charge >= 0.3 is 12.0 Å². The van der Waals surface area contributed by atoms with Crippen LogP contribution >= 0.6 is 11.6 Å². The number of amides is 3. The molecule has 2 aliphatic heterocycles. The van der Waals surface area contributed by atoms with Crippen molar-refractivity contribution in [3.05, 3.63) is 45.0 Å². The molecule has 3 rings (SSSR count). The molecule has 0 bridgehead atoms. The molecule has 3 amide bonds. The number of urea groups is 1. The number of nitrogens with one attached hydrogen (secondary N) is 1. The van der Waals surface area contributed by atoms with Gasteiger partial charge in [-0.05, 0) is 30.7 Å². The van der Waals surface area contributed by atoms with Crippen LogP contribution in [0.4, 0.5) is 10.5 Å². The van der Waals surface area contributed by atoms with E-state index < -0.39 is 17.0 Å². The first-order valence-corrected chi connectivity index (χ1v) is 9.30. The Morgan fingerprint density at radius 1 is 1.33 bits per heavy atom. The highest BCUT2D eigenvalue weighted by atomic mass is 35.5. The summed E-state index contributed by atoms with van der Waals surface area (Å²) in [5.41, 5.74) is 3.41. The quantitative estimate of drug-likeness (QED) is 0.326. The number of rotatable bonds is 5. The molecule has 0 saturated carbocycles. The van der Waals surface area contributed by atoms with Gasteiger partial charge in [0, 0.05) is 26.2 Å². The number of guanidine groups is 1. The smallest absolute Gasteiger partial charge is 0.270 e. The minimum Gasteiger partial charge on any atom is -0.270 e. The number of amidine groups is 1. The van der Waals surface area contributed by atoms with Gasteiger partial charge in [-0.3, -0.25) is 24.7 Å². The van der Waals surface area contributed by atoms with Crippen LogP contribution in [0.3, 0.4) is 0 Å². The molecule has 1 aromatic carbocycles. The number of nitro groups is 1. The van der Waals surface area contributed by atoms with Crippen molar-refractivity contribution in [3.63, 3.8) is 0 Å². The Morgan fingerprint density at radius 2 is 2.00 bits per heavy atom. The van der Waals surface area contributed by atoms with Gasteiger partial charge < -0.3 is 0 Å². The fraction of sp³-hybridized carbons (Fsp3) is 0.278. The molecule has 1 N–H and O–H groups in total. The van der Waals surface area contributed by atoms with Gasteiger partial charge in [-0.1, -0.05) is 16.6 Å². The first-order valence-electron chi connectivity index (χ1n) is 8.92. The van der Waals surface area contributed by atoms with Crippen molar-refractivity contribution in [2.45, 2.75) is 13.0 Å². The lowest BCUT2D eigenvalue weighted by Gasteiger charge is -2.31. The van der Waals surface area contributed by atoms with E-state index >= 15 is 0 Å². The van der Waals surface area contributed by atoms with Crippen molar-refractivity contribution < 1.29 is 19.1 Å². The number of hydrogen-bond acceptors (Lipinski definition) is 7. The fourth-order valence-electron chi connectivity index (χ4n) is 3.06. The number of benzene rings is 1. The van der Waals surface area contributed by atoms with Gasteiger partial charge in [0.25, 0.3) is 11.6 Å². The van der Waals surface area contributed by atoms with Crippen molar-refractivity contribution in [1.29, 1.82) is 0 Å². The van der Waals surface area contributed by atoms with Crippen molar-refractivity contribution >= 4 is 53.3 Å². The van der Waals surface area contributed by atoms with E-state index in [1.54, 1.807) is 29.8 Å². The van der Waals surface area contributed by atoms with Gasteiger partial charge in [0.05, 0.1) is 22.7 Å². The summed E-state index contributed by atoms with van der Waals surface area (Å²) in [5.74, 6) is 0.280. The molecule has 12 heteroatoms. The predicted octanol–water partition coefficient (Wildman–Crippen LogP) is 1.44. The van der Waals surface area contributed by atoms with E-state index in [2.05, 4.69) is 15.5 Å². The molecule has 11 nitrogen and oxygen atoms in total. The van der Waals surface area contributed by atoms with E-state index in [1.807, 2.05) is 6.92 Å². The van der Waals surface area contributed by atoms with Gasteiger partial charge in [-0.25, -0.2) is 9.37 Å². The monoisotopic (exact) mass is 432 g/mol. The van der Waals surface area contributed by atoms with Gasteiger partial charge in [-0.15, -0.1) is 5.10 Å². The van der Waals surface area contributed by atoms with Crippen LogP contribution in [0.5, 0.6) is 0 Å². The van der Waals surface area contributed by atoms with Crippen LogP contribution in [0.15, 0.2) is 39.4 Å². The van der Waals surface area contributed by atoms with Crippen molar-refractivity contribution in [3.8, 4) is 0 Å². The third-order valence-corrected chi connectivity index (χ3v) is 4.84. The van der Waals surface area contributed by atoms with Gasteiger partial charge in [0.15, 0.2) is 0 Å². The normalized spacial score (nSPS) is 19.5. The minimum atomic E-state index is -0.702. The van der Waals surface area contributed by atoms with E-state index in [9.17, 15) is 19.7 Å². The molecule has 2 heterocycles. The molecule has 1 fully saturated rings. The Balaban J connectivity index is 1.76. The maximum absolute atomic E-state index is 12.5. The molecule has 30 heavy (non-hydrogen) atoms.